The number of benzene rings is 1. The van der Waals surface area contributed by atoms with Gasteiger partial charge in [-0.05, 0) is 19.1 Å². The predicted molar refractivity (Wildman–Crippen MR) is 119 cm³/mol. The number of aliphatic imine (C=N–C) groups is 1. The number of aromatic nitrogens is 3. The van der Waals surface area contributed by atoms with Crippen LogP contribution in [0.2, 0.25) is 0 Å². The van der Waals surface area contributed by atoms with E-state index in [4.69, 9.17) is 4.42 Å². The molecule has 0 radical (unpaired) electrons. The molecule has 146 valence electrons. The number of nitrogens with zero attached hydrogens (tertiary/aromatic N) is 4. The molecule has 7 nitrogen and oxygen atoms in total. The predicted octanol–water partition coefficient (Wildman–Crippen LogP) is 3.00. The molecule has 2 heterocycles. The number of aryl methyl sites for hydroxylation is 1. The maximum Gasteiger partial charge on any atom is 0.191 e. The number of fused-ring (bicyclic) bond motifs is 1. The lowest BCUT2D eigenvalue weighted by molar-refractivity contribution is 0.550. The Hall–Kier alpha value is -2.10. The topological polar surface area (TPSA) is 80.3 Å². The van der Waals surface area contributed by atoms with Crippen molar-refractivity contribution in [3.63, 3.8) is 0 Å². The Morgan fingerprint density at radius 3 is 2.85 bits per heavy atom. The van der Waals surface area contributed by atoms with Gasteiger partial charge in [-0.3, -0.25) is 4.99 Å². The fourth-order valence-electron chi connectivity index (χ4n) is 2.81. The van der Waals surface area contributed by atoms with Crippen LogP contribution in [0.4, 0.5) is 0 Å². The lowest BCUT2D eigenvalue weighted by Gasteiger charge is -2.12. The first-order valence-corrected chi connectivity index (χ1v) is 9.16. The SMILES string of the molecule is CCNC(=NCCc1cc2ccccc2o1)NCCn1cnnc1CC.I. The smallest absolute Gasteiger partial charge is 0.191 e. The van der Waals surface area contributed by atoms with Crippen molar-refractivity contribution in [1.29, 1.82) is 0 Å². The zero-order valence-electron chi connectivity index (χ0n) is 15.8. The lowest BCUT2D eigenvalue weighted by atomic mass is 10.2. The third-order valence-electron chi connectivity index (χ3n) is 4.11. The van der Waals surface area contributed by atoms with Crippen LogP contribution in [-0.4, -0.2) is 40.4 Å². The van der Waals surface area contributed by atoms with Gasteiger partial charge in [0.15, 0.2) is 5.96 Å². The van der Waals surface area contributed by atoms with E-state index in [-0.39, 0.29) is 24.0 Å². The Balaban J connectivity index is 0.00000261. The number of furan rings is 1. The van der Waals surface area contributed by atoms with Gasteiger partial charge in [0, 0.05) is 44.4 Å². The number of rotatable bonds is 8. The maximum atomic E-state index is 5.84. The van der Waals surface area contributed by atoms with Crippen LogP contribution in [0.5, 0.6) is 0 Å². The number of guanidine groups is 1. The van der Waals surface area contributed by atoms with E-state index in [9.17, 15) is 0 Å². The highest BCUT2D eigenvalue weighted by atomic mass is 127. The molecule has 0 spiro atoms. The van der Waals surface area contributed by atoms with Crippen LogP contribution in [0.25, 0.3) is 11.0 Å². The van der Waals surface area contributed by atoms with Crippen molar-refractivity contribution in [2.75, 3.05) is 19.6 Å². The van der Waals surface area contributed by atoms with Gasteiger partial charge in [0.1, 0.15) is 23.5 Å². The Labute approximate surface area is 176 Å². The minimum absolute atomic E-state index is 0. The van der Waals surface area contributed by atoms with Crippen LogP contribution in [0.15, 0.2) is 46.1 Å². The second-order valence-electron chi connectivity index (χ2n) is 5.98. The number of para-hydroxylation sites is 1. The van der Waals surface area contributed by atoms with Crippen LogP contribution in [-0.2, 0) is 19.4 Å². The zero-order valence-corrected chi connectivity index (χ0v) is 18.1. The van der Waals surface area contributed by atoms with Crippen molar-refractivity contribution >= 4 is 40.9 Å². The summed E-state index contributed by atoms with van der Waals surface area (Å²) in [6, 6.07) is 10.1. The van der Waals surface area contributed by atoms with Gasteiger partial charge in [0.05, 0.1) is 0 Å². The van der Waals surface area contributed by atoms with Gasteiger partial charge in [-0.1, -0.05) is 25.1 Å². The summed E-state index contributed by atoms with van der Waals surface area (Å²) in [6.07, 6.45) is 3.43. The van der Waals surface area contributed by atoms with Crippen molar-refractivity contribution in [3.05, 3.63) is 48.2 Å². The van der Waals surface area contributed by atoms with E-state index in [0.29, 0.717) is 6.54 Å². The van der Waals surface area contributed by atoms with Crippen molar-refractivity contribution in [2.45, 2.75) is 33.2 Å². The molecule has 0 aliphatic rings. The first kappa shape index (κ1) is 21.2. The summed E-state index contributed by atoms with van der Waals surface area (Å²) >= 11 is 0. The average molecular weight is 482 g/mol. The van der Waals surface area contributed by atoms with Gasteiger partial charge in [0.2, 0.25) is 0 Å². The second-order valence-corrected chi connectivity index (χ2v) is 5.98. The Morgan fingerprint density at radius 2 is 2.07 bits per heavy atom. The van der Waals surface area contributed by atoms with E-state index in [2.05, 4.69) is 56.4 Å². The highest BCUT2D eigenvalue weighted by molar-refractivity contribution is 14.0. The van der Waals surface area contributed by atoms with Gasteiger partial charge in [-0.25, -0.2) is 0 Å². The summed E-state index contributed by atoms with van der Waals surface area (Å²) in [4.78, 5) is 4.63. The highest BCUT2D eigenvalue weighted by Gasteiger charge is 2.04. The molecule has 27 heavy (non-hydrogen) atoms. The molecule has 0 bridgehead atoms. The number of nitrogens with one attached hydrogen (secondary N) is 2. The summed E-state index contributed by atoms with van der Waals surface area (Å²) in [5, 5.41) is 15.8. The monoisotopic (exact) mass is 482 g/mol. The fraction of sp³-hybridized carbons (Fsp3) is 0.421. The van der Waals surface area contributed by atoms with Crippen LogP contribution in [0.1, 0.15) is 25.4 Å². The van der Waals surface area contributed by atoms with E-state index in [0.717, 1.165) is 61.0 Å². The standard InChI is InChI=1S/C19H26N6O.HI/c1-3-18-24-23-14-25(18)12-11-22-19(20-4-2)21-10-9-16-13-15-7-5-6-8-17(15)26-16;/h5-8,13-14H,3-4,9-12H2,1-2H3,(H2,20,21,22);1H. The summed E-state index contributed by atoms with van der Waals surface area (Å²) in [7, 11) is 0. The molecule has 0 atom stereocenters. The molecule has 8 heteroatoms. The normalized spacial score (nSPS) is 11.4. The van der Waals surface area contributed by atoms with Crippen molar-refractivity contribution in [1.82, 2.24) is 25.4 Å². The number of hydrogen-bond donors (Lipinski definition) is 2. The first-order valence-electron chi connectivity index (χ1n) is 9.16. The third kappa shape index (κ3) is 5.95. The van der Waals surface area contributed by atoms with E-state index in [1.165, 1.54) is 0 Å². The van der Waals surface area contributed by atoms with Gasteiger partial charge < -0.3 is 19.6 Å². The summed E-state index contributed by atoms with van der Waals surface area (Å²) in [5.41, 5.74) is 0.928. The van der Waals surface area contributed by atoms with E-state index >= 15 is 0 Å². The molecule has 0 fully saturated rings. The molecule has 1 aromatic carbocycles. The molecular weight excluding hydrogens is 455 g/mol. The molecule has 0 aliphatic heterocycles. The van der Waals surface area contributed by atoms with Gasteiger partial charge in [-0.2, -0.15) is 0 Å². The fourth-order valence-corrected chi connectivity index (χ4v) is 2.81. The first-order chi connectivity index (χ1) is 12.8. The third-order valence-corrected chi connectivity index (χ3v) is 4.11. The largest absolute Gasteiger partial charge is 0.461 e. The van der Waals surface area contributed by atoms with Crippen LogP contribution in [0.3, 0.4) is 0 Å². The molecule has 3 aromatic rings. The maximum absolute atomic E-state index is 5.84. The number of hydrogen-bond acceptors (Lipinski definition) is 4. The average Bonchev–Trinajstić information content (AvgIpc) is 3.27. The molecule has 2 aromatic heterocycles. The van der Waals surface area contributed by atoms with Gasteiger partial charge >= 0.3 is 0 Å². The van der Waals surface area contributed by atoms with Crippen molar-refractivity contribution in [2.24, 2.45) is 4.99 Å². The molecule has 0 unspecified atom stereocenters. The molecule has 3 rings (SSSR count). The highest BCUT2D eigenvalue weighted by Crippen LogP contribution is 2.18. The Morgan fingerprint density at radius 1 is 1.22 bits per heavy atom. The Kier molecular flexibility index (Phi) is 8.56. The Bertz CT molecular complexity index is 824. The van der Waals surface area contributed by atoms with Crippen molar-refractivity contribution < 1.29 is 4.42 Å². The molecule has 2 N–H and O–H groups in total. The van der Waals surface area contributed by atoms with Crippen molar-refractivity contribution in [3.8, 4) is 0 Å². The molecule has 0 saturated carbocycles. The van der Waals surface area contributed by atoms with E-state index in [1.54, 1.807) is 6.33 Å². The van der Waals surface area contributed by atoms with Gasteiger partial charge in [0.25, 0.3) is 0 Å². The summed E-state index contributed by atoms with van der Waals surface area (Å²) in [5.74, 6) is 2.77. The molecule has 0 aliphatic carbocycles. The second kappa shape index (κ2) is 10.9. The van der Waals surface area contributed by atoms with E-state index < -0.39 is 0 Å². The van der Waals surface area contributed by atoms with Crippen LogP contribution >= 0.6 is 24.0 Å². The van der Waals surface area contributed by atoms with Crippen LogP contribution < -0.4 is 10.6 Å². The summed E-state index contributed by atoms with van der Waals surface area (Å²) < 4.78 is 7.90. The number of halogens is 1. The quantitative estimate of drug-likeness (QED) is 0.293. The van der Waals surface area contributed by atoms with E-state index in [1.807, 2.05) is 18.2 Å². The van der Waals surface area contributed by atoms with Crippen LogP contribution in [0, 0.1) is 0 Å². The minimum Gasteiger partial charge on any atom is -0.461 e. The molecule has 0 amide bonds. The summed E-state index contributed by atoms with van der Waals surface area (Å²) in [6.45, 7) is 7.21. The lowest BCUT2D eigenvalue weighted by Crippen LogP contribution is -2.39. The zero-order chi connectivity index (χ0) is 18.2. The van der Waals surface area contributed by atoms with Gasteiger partial charge in [-0.15, -0.1) is 34.2 Å². The molecule has 0 saturated heterocycles. The molecular formula is C19H27IN6O. The minimum atomic E-state index is 0.